The zero-order valence-electron chi connectivity index (χ0n) is 9.84. The van der Waals surface area contributed by atoms with E-state index in [2.05, 4.69) is 15.9 Å². The number of hydrogen-bond donors (Lipinski definition) is 1. The molecule has 0 aromatic heterocycles. The van der Waals surface area contributed by atoms with Crippen LogP contribution in [0, 0.1) is 17.5 Å². The van der Waals surface area contributed by atoms with Crippen LogP contribution < -0.4 is 5.73 Å². The number of nitrogens with two attached hydrogens (primary N) is 1. The summed E-state index contributed by atoms with van der Waals surface area (Å²) in [5.41, 5.74) is 6.55. The first-order valence-corrected chi connectivity index (χ1v) is 6.41. The molecule has 5 heteroatoms. The summed E-state index contributed by atoms with van der Waals surface area (Å²) in [5.74, 6) is -2.29. The van der Waals surface area contributed by atoms with Gasteiger partial charge in [0.2, 0.25) is 0 Å². The molecule has 0 bridgehead atoms. The van der Waals surface area contributed by atoms with Gasteiger partial charge in [0.05, 0.1) is 0 Å². The predicted molar refractivity (Wildman–Crippen MR) is 71.1 cm³/mol. The first kappa shape index (κ1) is 14.1. The molecule has 0 saturated heterocycles. The molecule has 2 N–H and O–H groups in total. The summed E-state index contributed by atoms with van der Waals surface area (Å²) < 4.78 is 40.5. The molecule has 0 fully saturated rings. The molecule has 1 atom stereocenters. The van der Waals surface area contributed by atoms with Crippen LogP contribution in [0.5, 0.6) is 0 Å². The fourth-order valence-corrected chi connectivity index (χ4v) is 2.26. The van der Waals surface area contributed by atoms with E-state index in [4.69, 9.17) is 5.73 Å². The van der Waals surface area contributed by atoms with Gasteiger partial charge in [-0.25, -0.2) is 13.2 Å². The third-order valence-corrected chi connectivity index (χ3v) is 3.60. The standard InChI is InChI=1S/C14H11BrF3N/c15-11-5-4-9(16)6-8(11)7-13(19)10-2-1-3-12(17)14(10)18/h1-6,13H,7,19H2. The van der Waals surface area contributed by atoms with E-state index in [-0.39, 0.29) is 12.0 Å². The predicted octanol–water partition coefficient (Wildman–Crippen LogP) is 4.11. The minimum atomic E-state index is -0.956. The summed E-state index contributed by atoms with van der Waals surface area (Å²) in [6, 6.07) is 7.30. The van der Waals surface area contributed by atoms with Crippen molar-refractivity contribution in [2.24, 2.45) is 5.73 Å². The highest BCUT2D eigenvalue weighted by Crippen LogP contribution is 2.25. The Kier molecular flexibility index (Phi) is 4.27. The van der Waals surface area contributed by atoms with Crippen LogP contribution in [0.15, 0.2) is 40.9 Å². The van der Waals surface area contributed by atoms with Crippen molar-refractivity contribution >= 4 is 15.9 Å². The Morgan fingerprint density at radius 3 is 2.58 bits per heavy atom. The molecule has 100 valence electrons. The molecular weight excluding hydrogens is 319 g/mol. The van der Waals surface area contributed by atoms with Gasteiger partial charge in [-0.15, -0.1) is 0 Å². The SMILES string of the molecule is NC(Cc1cc(F)ccc1Br)c1cccc(F)c1F. The second kappa shape index (κ2) is 5.75. The Morgan fingerprint density at radius 1 is 1.11 bits per heavy atom. The van der Waals surface area contributed by atoms with Crippen molar-refractivity contribution in [2.45, 2.75) is 12.5 Å². The van der Waals surface area contributed by atoms with Crippen LogP contribution in [0.3, 0.4) is 0 Å². The maximum atomic E-state index is 13.6. The average molecular weight is 330 g/mol. The van der Waals surface area contributed by atoms with Crippen molar-refractivity contribution in [3.63, 3.8) is 0 Å². The maximum Gasteiger partial charge on any atom is 0.163 e. The second-order valence-corrected chi connectivity index (χ2v) is 5.04. The molecule has 19 heavy (non-hydrogen) atoms. The Hall–Kier alpha value is -1.33. The van der Waals surface area contributed by atoms with Crippen molar-refractivity contribution in [2.75, 3.05) is 0 Å². The third-order valence-electron chi connectivity index (χ3n) is 2.83. The van der Waals surface area contributed by atoms with Gasteiger partial charge in [0, 0.05) is 16.1 Å². The summed E-state index contributed by atoms with van der Waals surface area (Å²) >= 11 is 3.27. The number of rotatable bonds is 3. The van der Waals surface area contributed by atoms with Gasteiger partial charge in [0.1, 0.15) is 5.82 Å². The fraction of sp³-hybridized carbons (Fsp3) is 0.143. The molecular formula is C14H11BrF3N. The van der Waals surface area contributed by atoms with Crippen molar-refractivity contribution in [1.82, 2.24) is 0 Å². The topological polar surface area (TPSA) is 26.0 Å². The quantitative estimate of drug-likeness (QED) is 0.901. The lowest BCUT2D eigenvalue weighted by atomic mass is 9.99. The highest BCUT2D eigenvalue weighted by molar-refractivity contribution is 9.10. The van der Waals surface area contributed by atoms with Crippen molar-refractivity contribution in [3.8, 4) is 0 Å². The van der Waals surface area contributed by atoms with Gasteiger partial charge in [-0.1, -0.05) is 28.1 Å². The fourth-order valence-electron chi connectivity index (χ4n) is 1.85. The van der Waals surface area contributed by atoms with Crippen LogP contribution in [-0.2, 0) is 6.42 Å². The molecule has 0 spiro atoms. The number of benzene rings is 2. The van der Waals surface area contributed by atoms with Gasteiger partial charge in [-0.2, -0.15) is 0 Å². The molecule has 0 aliphatic heterocycles. The lowest BCUT2D eigenvalue weighted by Crippen LogP contribution is -2.16. The Morgan fingerprint density at radius 2 is 1.84 bits per heavy atom. The average Bonchev–Trinajstić information content (AvgIpc) is 2.37. The van der Waals surface area contributed by atoms with Gasteiger partial charge in [0.25, 0.3) is 0 Å². The minimum absolute atomic E-state index is 0.0798. The molecule has 1 unspecified atom stereocenters. The molecule has 0 saturated carbocycles. The number of hydrogen-bond acceptors (Lipinski definition) is 1. The summed E-state index contributed by atoms with van der Waals surface area (Å²) in [4.78, 5) is 0. The third kappa shape index (κ3) is 3.16. The first-order valence-electron chi connectivity index (χ1n) is 5.62. The summed E-state index contributed by atoms with van der Waals surface area (Å²) in [6.45, 7) is 0. The first-order chi connectivity index (χ1) is 8.99. The zero-order valence-corrected chi connectivity index (χ0v) is 11.4. The molecule has 0 amide bonds. The Balaban J connectivity index is 2.28. The maximum absolute atomic E-state index is 13.6. The highest BCUT2D eigenvalue weighted by Gasteiger charge is 2.16. The monoisotopic (exact) mass is 329 g/mol. The smallest absolute Gasteiger partial charge is 0.163 e. The van der Waals surface area contributed by atoms with Gasteiger partial charge in [-0.05, 0) is 36.2 Å². The van der Waals surface area contributed by atoms with Gasteiger partial charge in [-0.3, -0.25) is 0 Å². The van der Waals surface area contributed by atoms with E-state index in [1.165, 1.54) is 24.3 Å². The molecule has 0 aliphatic carbocycles. The van der Waals surface area contributed by atoms with Crippen LogP contribution in [-0.4, -0.2) is 0 Å². The van der Waals surface area contributed by atoms with Gasteiger partial charge < -0.3 is 5.73 Å². The lowest BCUT2D eigenvalue weighted by molar-refractivity contribution is 0.487. The zero-order chi connectivity index (χ0) is 14.0. The Labute approximate surface area is 117 Å². The minimum Gasteiger partial charge on any atom is -0.324 e. The van der Waals surface area contributed by atoms with Crippen LogP contribution >= 0.6 is 15.9 Å². The molecule has 0 heterocycles. The van der Waals surface area contributed by atoms with Crippen molar-refractivity contribution in [1.29, 1.82) is 0 Å². The molecule has 0 aliphatic rings. The molecule has 2 aromatic rings. The van der Waals surface area contributed by atoms with Crippen LogP contribution in [0.4, 0.5) is 13.2 Å². The molecule has 1 nitrogen and oxygen atoms in total. The Bertz CT molecular complexity index is 601. The summed E-state index contributed by atoms with van der Waals surface area (Å²) in [5, 5.41) is 0. The second-order valence-electron chi connectivity index (χ2n) is 4.19. The van der Waals surface area contributed by atoms with E-state index in [0.717, 1.165) is 6.07 Å². The largest absolute Gasteiger partial charge is 0.324 e. The van der Waals surface area contributed by atoms with E-state index >= 15 is 0 Å². The molecule has 2 rings (SSSR count). The molecule has 0 radical (unpaired) electrons. The summed E-state index contributed by atoms with van der Waals surface area (Å²) in [7, 11) is 0. The van der Waals surface area contributed by atoms with Crippen molar-refractivity contribution in [3.05, 3.63) is 69.4 Å². The highest BCUT2D eigenvalue weighted by atomic mass is 79.9. The lowest BCUT2D eigenvalue weighted by Gasteiger charge is -2.14. The van der Waals surface area contributed by atoms with Gasteiger partial charge in [0.15, 0.2) is 11.6 Å². The van der Waals surface area contributed by atoms with Crippen LogP contribution in [0.2, 0.25) is 0 Å². The van der Waals surface area contributed by atoms with E-state index in [9.17, 15) is 13.2 Å². The van der Waals surface area contributed by atoms with Gasteiger partial charge >= 0.3 is 0 Å². The molecule has 2 aromatic carbocycles. The van der Waals surface area contributed by atoms with E-state index in [1.807, 2.05) is 0 Å². The van der Waals surface area contributed by atoms with E-state index in [1.54, 1.807) is 6.07 Å². The van der Waals surface area contributed by atoms with Crippen LogP contribution in [0.1, 0.15) is 17.2 Å². The number of halogens is 4. The van der Waals surface area contributed by atoms with E-state index < -0.39 is 23.5 Å². The van der Waals surface area contributed by atoms with Crippen LogP contribution in [0.25, 0.3) is 0 Å². The normalized spacial score (nSPS) is 12.5. The van der Waals surface area contributed by atoms with Crippen molar-refractivity contribution < 1.29 is 13.2 Å². The van der Waals surface area contributed by atoms with E-state index in [0.29, 0.717) is 10.0 Å². The summed E-state index contributed by atoms with van der Waals surface area (Å²) in [6.07, 6.45) is 0.207.